The largest absolute Gasteiger partial charge is 0.325 e. The molecule has 5 nitrogen and oxygen atoms in total. The zero-order valence-electron chi connectivity index (χ0n) is 12.3. The summed E-state index contributed by atoms with van der Waals surface area (Å²) in [5.74, 6) is -0.813. The molecule has 0 fully saturated rings. The molecule has 0 aliphatic carbocycles. The first-order valence-electron chi connectivity index (χ1n) is 6.65. The van der Waals surface area contributed by atoms with Crippen molar-refractivity contribution in [3.05, 3.63) is 52.8 Å². The molecular weight excluding hydrogens is 307 g/mol. The molecule has 0 spiro atoms. The Labute approximate surface area is 133 Å². The molecule has 0 aliphatic rings. The molecule has 2 aromatic rings. The second kappa shape index (κ2) is 7.29. The average molecular weight is 323 g/mol. The van der Waals surface area contributed by atoms with Crippen molar-refractivity contribution in [1.82, 2.24) is 14.9 Å². The monoisotopic (exact) mass is 322 g/mol. The van der Waals surface area contributed by atoms with Gasteiger partial charge in [-0.3, -0.25) is 19.7 Å². The Morgan fingerprint density at radius 3 is 2.77 bits per heavy atom. The van der Waals surface area contributed by atoms with E-state index in [0.717, 1.165) is 11.4 Å². The highest BCUT2D eigenvalue weighted by atomic mass is 35.5. The molecule has 7 heteroatoms. The molecule has 0 atom stereocenters. The van der Waals surface area contributed by atoms with Crippen LogP contribution in [0.4, 0.5) is 10.1 Å². The Balaban J connectivity index is 1.88. The number of halogens is 2. The zero-order valence-corrected chi connectivity index (χ0v) is 13.1. The minimum atomic E-state index is -0.567. The van der Waals surface area contributed by atoms with Gasteiger partial charge in [0.05, 0.1) is 23.0 Å². The number of likely N-dealkylation sites (N-methyl/N-ethyl adjacent to an activating group) is 1. The number of benzene rings is 1. The molecule has 0 saturated carbocycles. The van der Waals surface area contributed by atoms with Crippen LogP contribution in [0.2, 0.25) is 5.02 Å². The van der Waals surface area contributed by atoms with E-state index in [2.05, 4.69) is 15.3 Å². The first kappa shape index (κ1) is 16.3. The third-order valence-corrected chi connectivity index (χ3v) is 3.19. The molecule has 2 rings (SSSR count). The third kappa shape index (κ3) is 4.75. The molecule has 0 radical (unpaired) electrons. The van der Waals surface area contributed by atoms with Crippen LogP contribution in [-0.4, -0.2) is 34.4 Å². The van der Waals surface area contributed by atoms with Crippen molar-refractivity contribution < 1.29 is 9.18 Å². The molecule has 1 N–H and O–H groups in total. The highest BCUT2D eigenvalue weighted by Gasteiger charge is 2.09. The molecule has 22 heavy (non-hydrogen) atoms. The quantitative estimate of drug-likeness (QED) is 0.919. The molecule has 1 aromatic carbocycles. The topological polar surface area (TPSA) is 58.1 Å². The number of nitrogens with zero attached hydrogens (tertiary/aromatic N) is 3. The maximum absolute atomic E-state index is 13.3. The zero-order chi connectivity index (χ0) is 16.1. The maximum Gasteiger partial charge on any atom is 0.238 e. The van der Waals surface area contributed by atoms with E-state index in [1.165, 1.54) is 12.1 Å². The molecule has 1 aromatic heterocycles. The van der Waals surface area contributed by atoms with Crippen molar-refractivity contribution in [3.63, 3.8) is 0 Å². The minimum Gasteiger partial charge on any atom is -0.325 e. The molecule has 1 amide bonds. The molecular formula is C15H16ClFN4O. The van der Waals surface area contributed by atoms with Gasteiger partial charge in [-0.1, -0.05) is 11.6 Å². The van der Waals surface area contributed by atoms with Gasteiger partial charge in [0.2, 0.25) is 5.91 Å². The van der Waals surface area contributed by atoms with E-state index < -0.39 is 5.82 Å². The summed E-state index contributed by atoms with van der Waals surface area (Å²) < 4.78 is 13.3. The number of hydrogen-bond donors (Lipinski definition) is 1. The fourth-order valence-corrected chi connectivity index (χ4v) is 1.97. The molecule has 0 unspecified atom stereocenters. The van der Waals surface area contributed by atoms with Gasteiger partial charge in [-0.05, 0) is 32.2 Å². The van der Waals surface area contributed by atoms with E-state index in [0.29, 0.717) is 12.2 Å². The number of nitrogens with one attached hydrogen (secondary N) is 1. The summed E-state index contributed by atoms with van der Waals surface area (Å²) >= 11 is 5.59. The Morgan fingerprint density at radius 1 is 1.36 bits per heavy atom. The first-order chi connectivity index (χ1) is 10.4. The first-order valence-corrected chi connectivity index (χ1v) is 7.03. The van der Waals surface area contributed by atoms with E-state index in [9.17, 15) is 9.18 Å². The predicted octanol–water partition coefficient (Wildman–Crippen LogP) is 2.65. The van der Waals surface area contributed by atoms with Crippen molar-refractivity contribution in [2.75, 3.05) is 18.9 Å². The highest BCUT2D eigenvalue weighted by Crippen LogP contribution is 2.18. The van der Waals surface area contributed by atoms with Gasteiger partial charge in [0.25, 0.3) is 0 Å². The van der Waals surface area contributed by atoms with Crippen LogP contribution in [0.5, 0.6) is 0 Å². The van der Waals surface area contributed by atoms with Gasteiger partial charge in [-0.15, -0.1) is 0 Å². The van der Waals surface area contributed by atoms with Crippen LogP contribution in [0.25, 0.3) is 0 Å². The smallest absolute Gasteiger partial charge is 0.238 e. The minimum absolute atomic E-state index is 0.0214. The Bertz CT molecular complexity index is 663. The van der Waals surface area contributed by atoms with E-state index in [1.807, 2.05) is 6.92 Å². The Morgan fingerprint density at radius 2 is 2.14 bits per heavy atom. The number of aryl methyl sites for hydroxylation is 1. The number of aromatic nitrogens is 2. The fourth-order valence-electron chi connectivity index (χ4n) is 1.85. The average Bonchev–Trinajstić information content (AvgIpc) is 2.45. The van der Waals surface area contributed by atoms with Gasteiger partial charge in [-0.2, -0.15) is 0 Å². The van der Waals surface area contributed by atoms with E-state index in [4.69, 9.17) is 11.6 Å². The summed E-state index contributed by atoms with van der Waals surface area (Å²) in [6.07, 6.45) is 3.36. The van der Waals surface area contributed by atoms with E-state index in [1.54, 1.807) is 30.4 Å². The van der Waals surface area contributed by atoms with Crippen molar-refractivity contribution >= 4 is 23.2 Å². The molecule has 0 aliphatic heterocycles. The van der Waals surface area contributed by atoms with Gasteiger partial charge in [-0.25, -0.2) is 4.39 Å². The lowest BCUT2D eigenvalue weighted by Crippen LogP contribution is -2.30. The summed E-state index contributed by atoms with van der Waals surface area (Å²) in [6.45, 7) is 2.51. The molecule has 0 bridgehead atoms. The molecule has 1 heterocycles. The summed E-state index contributed by atoms with van der Waals surface area (Å²) in [5.41, 5.74) is 1.99. The molecule has 0 saturated heterocycles. The van der Waals surface area contributed by atoms with Gasteiger partial charge in [0.1, 0.15) is 5.82 Å². The number of hydrogen-bond acceptors (Lipinski definition) is 4. The second-order valence-electron chi connectivity index (χ2n) is 5.00. The summed E-state index contributed by atoms with van der Waals surface area (Å²) in [5, 5.41) is 2.64. The SMILES string of the molecule is Cc1cnc(CN(C)CC(=O)Nc2ccc(Cl)c(F)c2)cn1. The number of carbonyl (C=O) groups excluding carboxylic acids is 1. The van der Waals surface area contributed by atoms with Gasteiger partial charge in [0, 0.05) is 24.6 Å². The van der Waals surface area contributed by atoms with Crippen LogP contribution in [0, 0.1) is 12.7 Å². The normalized spacial score (nSPS) is 10.8. The number of carbonyl (C=O) groups is 1. The maximum atomic E-state index is 13.3. The standard InChI is InChI=1S/C15H16ClFN4O/c1-10-6-19-12(7-18-10)8-21(2)9-15(22)20-11-3-4-13(16)14(17)5-11/h3-7H,8-9H2,1-2H3,(H,20,22). The van der Waals surface area contributed by atoms with E-state index in [-0.39, 0.29) is 17.5 Å². The summed E-state index contributed by atoms with van der Waals surface area (Å²) in [4.78, 5) is 22.1. The Kier molecular flexibility index (Phi) is 5.41. The van der Waals surface area contributed by atoms with Crippen LogP contribution in [0.1, 0.15) is 11.4 Å². The van der Waals surface area contributed by atoms with Crippen LogP contribution in [-0.2, 0) is 11.3 Å². The summed E-state index contributed by atoms with van der Waals surface area (Å²) in [6, 6.07) is 4.14. The summed E-state index contributed by atoms with van der Waals surface area (Å²) in [7, 11) is 1.80. The lowest BCUT2D eigenvalue weighted by Gasteiger charge is -2.15. The van der Waals surface area contributed by atoms with Crippen molar-refractivity contribution in [1.29, 1.82) is 0 Å². The number of amides is 1. The fraction of sp³-hybridized carbons (Fsp3) is 0.267. The van der Waals surface area contributed by atoms with Gasteiger partial charge in [0.15, 0.2) is 0 Å². The van der Waals surface area contributed by atoms with Crippen LogP contribution >= 0.6 is 11.6 Å². The number of anilines is 1. The Hall–Kier alpha value is -2.05. The third-order valence-electron chi connectivity index (χ3n) is 2.88. The number of rotatable bonds is 5. The molecule has 116 valence electrons. The second-order valence-corrected chi connectivity index (χ2v) is 5.41. The van der Waals surface area contributed by atoms with Crippen molar-refractivity contribution in [2.24, 2.45) is 0 Å². The van der Waals surface area contributed by atoms with Crippen LogP contribution in [0.15, 0.2) is 30.6 Å². The highest BCUT2D eigenvalue weighted by molar-refractivity contribution is 6.30. The van der Waals surface area contributed by atoms with Crippen molar-refractivity contribution in [3.8, 4) is 0 Å². The van der Waals surface area contributed by atoms with Crippen LogP contribution < -0.4 is 5.32 Å². The van der Waals surface area contributed by atoms with Crippen molar-refractivity contribution in [2.45, 2.75) is 13.5 Å². The lowest BCUT2D eigenvalue weighted by molar-refractivity contribution is -0.117. The van der Waals surface area contributed by atoms with Gasteiger partial charge >= 0.3 is 0 Å². The lowest BCUT2D eigenvalue weighted by atomic mass is 10.3. The predicted molar refractivity (Wildman–Crippen MR) is 83.1 cm³/mol. The van der Waals surface area contributed by atoms with Gasteiger partial charge < -0.3 is 5.32 Å². The van der Waals surface area contributed by atoms with Crippen LogP contribution in [0.3, 0.4) is 0 Å². The van der Waals surface area contributed by atoms with E-state index >= 15 is 0 Å².